The molecule has 3 amide bonds. The number of rotatable bonds is 7. The van der Waals surface area contributed by atoms with Gasteiger partial charge in [-0.3, -0.25) is 4.79 Å². The maximum atomic E-state index is 12.4. The predicted octanol–water partition coefficient (Wildman–Crippen LogP) is 3.13. The summed E-state index contributed by atoms with van der Waals surface area (Å²) < 4.78 is 4.91. The van der Waals surface area contributed by atoms with Crippen LogP contribution in [0.1, 0.15) is 25.7 Å². The molecule has 0 spiro atoms. The van der Waals surface area contributed by atoms with E-state index in [0.717, 1.165) is 31.5 Å². The summed E-state index contributed by atoms with van der Waals surface area (Å²) in [6, 6.07) is 6.96. The highest BCUT2D eigenvalue weighted by Gasteiger charge is 2.24. The lowest BCUT2D eigenvalue weighted by molar-refractivity contribution is -0.121. The number of likely N-dealkylation sites (tertiary alicyclic amines) is 1. The van der Waals surface area contributed by atoms with Crippen molar-refractivity contribution in [2.24, 2.45) is 5.92 Å². The molecule has 1 unspecified atom stereocenters. The molecule has 0 radical (unpaired) electrons. The van der Waals surface area contributed by atoms with E-state index in [0.29, 0.717) is 37.1 Å². The maximum Gasteiger partial charge on any atom is 0.321 e. The summed E-state index contributed by atoms with van der Waals surface area (Å²) in [7, 11) is 1.61. The zero-order valence-corrected chi connectivity index (χ0v) is 15.3. The van der Waals surface area contributed by atoms with Gasteiger partial charge in [0.25, 0.3) is 0 Å². The van der Waals surface area contributed by atoms with Crippen molar-refractivity contribution in [2.75, 3.05) is 38.7 Å². The fraction of sp³-hybridized carbons (Fsp3) is 0.556. The number of halogens is 1. The molecule has 0 bridgehead atoms. The van der Waals surface area contributed by atoms with E-state index in [9.17, 15) is 9.59 Å². The lowest BCUT2D eigenvalue weighted by Gasteiger charge is -2.32. The second-order valence-corrected chi connectivity index (χ2v) is 6.71. The molecule has 6 nitrogen and oxygen atoms in total. The number of anilines is 1. The summed E-state index contributed by atoms with van der Waals surface area (Å²) in [5, 5.41) is 6.36. The van der Waals surface area contributed by atoms with Gasteiger partial charge >= 0.3 is 6.03 Å². The molecule has 0 saturated carbocycles. The van der Waals surface area contributed by atoms with Crippen LogP contribution in [0.5, 0.6) is 0 Å². The van der Waals surface area contributed by atoms with Gasteiger partial charge in [-0.2, -0.15) is 0 Å². The van der Waals surface area contributed by atoms with Crippen LogP contribution < -0.4 is 10.6 Å². The third kappa shape index (κ3) is 6.92. The summed E-state index contributed by atoms with van der Waals surface area (Å²) in [6.07, 6.45) is 3.30. The Hall–Kier alpha value is -1.79. The number of ether oxygens (including phenoxy) is 1. The third-order valence-corrected chi connectivity index (χ3v) is 4.56. The molecule has 0 aliphatic carbocycles. The van der Waals surface area contributed by atoms with E-state index >= 15 is 0 Å². The molecule has 1 aromatic carbocycles. The Morgan fingerprint density at radius 2 is 2.08 bits per heavy atom. The molecule has 2 N–H and O–H groups in total. The number of carbonyl (C=O) groups excluding carboxylic acids is 2. The van der Waals surface area contributed by atoms with Crippen molar-refractivity contribution in [2.45, 2.75) is 25.7 Å². The van der Waals surface area contributed by atoms with E-state index in [1.807, 2.05) is 4.90 Å². The van der Waals surface area contributed by atoms with Crippen molar-refractivity contribution < 1.29 is 14.3 Å². The molecule has 1 fully saturated rings. The monoisotopic (exact) mass is 367 g/mol. The van der Waals surface area contributed by atoms with Gasteiger partial charge in [-0.15, -0.1) is 0 Å². The second-order valence-electron chi connectivity index (χ2n) is 6.27. The van der Waals surface area contributed by atoms with Gasteiger partial charge in [0, 0.05) is 43.9 Å². The van der Waals surface area contributed by atoms with Crippen LogP contribution in [0.3, 0.4) is 0 Å². The molecular weight excluding hydrogens is 342 g/mol. The first-order chi connectivity index (χ1) is 12.1. The molecular formula is C18H26ClN3O3. The Balaban J connectivity index is 1.74. The van der Waals surface area contributed by atoms with Gasteiger partial charge < -0.3 is 20.3 Å². The average molecular weight is 368 g/mol. The number of urea groups is 1. The molecule has 1 aliphatic heterocycles. The number of nitrogens with zero attached hydrogens (tertiary/aromatic N) is 1. The SMILES string of the molecule is COCCNC(=O)CCC1CCCN(C(=O)Nc2ccc(Cl)cc2)C1. The van der Waals surface area contributed by atoms with Crippen LogP contribution in [0.15, 0.2) is 24.3 Å². The molecule has 1 saturated heterocycles. The zero-order valence-electron chi connectivity index (χ0n) is 14.6. The number of hydrogen-bond acceptors (Lipinski definition) is 3. The Morgan fingerprint density at radius 1 is 1.32 bits per heavy atom. The number of benzene rings is 1. The average Bonchev–Trinajstić information content (AvgIpc) is 2.62. The Kier molecular flexibility index (Phi) is 8.01. The topological polar surface area (TPSA) is 70.7 Å². The van der Waals surface area contributed by atoms with Crippen LogP contribution in [0.4, 0.5) is 10.5 Å². The summed E-state index contributed by atoms with van der Waals surface area (Å²) >= 11 is 5.85. The fourth-order valence-electron chi connectivity index (χ4n) is 2.94. The van der Waals surface area contributed by atoms with Crippen LogP contribution in [0, 0.1) is 5.92 Å². The quantitative estimate of drug-likeness (QED) is 0.727. The highest BCUT2D eigenvalue weighted by Crippen LogP contribution is 2.22. The molecule has 138 valence electrons. The van der Waals surface area contributed by atoms with E-state index in [-0.39, 0.29) is 11.9 Å². The van der Waals surface area contributed by atoms with E-state index in [4.69, 9.17) is 16.3 Å². The van der Waals surface area contributed by atoms with Crippen molar-refractivity contribution in [3.05, 3.63) is 29.3 Å². The molecule has 1 aliphatic rings. The third-order valence-electron chi connectivity index (χ3n) is 4.31. The zero-order chi connectivity index (χ0) is 18.1. The number of nitrogens with one attached hydrogen (secondary N) is 2. The highest BCUT2D eigenvalue weighted by atomic mass is 35.5. The van der Waals surface area contributed by atoms with Crippen LogP contribution in [-0.2, 0) is 9.53 Å². The van der Waals surface area contributed by atoms with Crippen LogP contribution in [0.25, 0.3) is 0 Å². The summed E-state index contributed by atoms with van der Waals surface area (Å²) in [5.41, 5.74) is 0.731. The highest BCUT2D eigenvalue weighted by molar-refractivity contribution is 6.30. The van der Waals surface area contributed by atoms with Gasteiger partial charge in [-0.1, -0.05) is 11.6 Å². The van der Waals surface area contributed by atoms with E-state index in [2.05, 4.69) is 10.6 Å². The molecule has 2 rings (SSSR count). The minimum atomic E-state index is -0.100. The molecule has 1 heterocycles. The Labute approximate surface area is 153 Å². The lowest BCUT2D eigenvalue weighted by atomic mass is 9.93. The van der Waals surface area contributed by atoms with Crippen molar-refractivity contribution >= 4 is 29.2 Å². The lowest BCUT2D eigenvalue weighted by Crippen LogP contribution is -2.42. The minimum absolute atomic E-state index is 0.0415. The molecule has 1 atom stereocenters. The van der Waals surface area contributed by atoms with E-state index < -0.39 is 0 Å². The number of amides is 3. The first-order valence-electron chi connectivity index (χ1n) is 8.65. The van der Waals surface area contributed by atoms with Gasteiger partial charge in [-0.05, 0) is 49.4 Å². The van der Waals surface area contributed by atoms with Gasteiger partial charge in [0.05, 0.1) is 6.61 Å². The van der Waals surface area contributed by atoms with Gasteiger partial charge in [-0.25, -0.2) is 4.79 Å². The van der Waals surface area contributed by atoms with Gasteiger partial charge in [0.2, 0.25) is 5.91 Å². The number of piperidine rings is 1. The minimum Gasteiger partial charge on any atom is -0.383 e. The van der Waals surface area contributed by atoms with Gasteiger partial charge in [0.1, 0.15) is 0 Å². The largest absolute Gasteiger partial charge is 0.383 e. The Bertz CT molecular complexity index is 565. The fourth-order valence-corrected chi connectivity index (χ4v) is 3.06. The van der Waals surface area contributed by atoms with E-state index in [1.54, 1.807) is 31.4 Å². The number of carbonyl (C=O) groups is 2. The molecule has 0 aromatic heterocycles. The van der Waals surface area contributed by atoms with Crippen molar-refractivity contribution in [3.63, 3.8) is 0 Å². The summed E-state index contributed by atoms with van der Waals surface area (Å²) in [4.78, 5) is 26.0. The van der Waals surface area contributed by atoms with Crippen molar-refractivity contribution in [1.29, 1.82) is 0 Å². The van der Waals surface area contributed by atoms with Crippen molar-refractivity contribution in [3.8, 4) is 0 Å². The first-order valence-corrected chi connectivity index (χ1v) is 9.03. The standard InChI is InChI=1S/C18H26ClN3O3/c1-25-12-10-20-17(23)9-4-14-3-2-11-22(13-14)18(24)21-16-7-5-15(19)6-8-16/h5-8,14H,2-4,9-13H2,1H3,(H,20,23)(H,21,24). The Morgan fingerprint density at radius 3 is 2.80 bits per heavy atom. The molecule has 1 aromatic rings. The maximum absolute atomic E-state index is 12.4. The van der Waals surface area contributed by atoms with Gasteiger partial charge in [0.15, 0.2) is 0 Å². The summed E-state index contributed by atoms with van der Waals surface area (Å²) in [6.45, 7) is 2.49. The molecule has 25 heavy (non-hydrogen) atoms. The number of methoxy groups -OCH3 is 1. The van der Waals surface area contributed by atoms with Crippen LogP contribution in [0.2, 0.25) is 5.02 Å². The normalized spacial score (nSPS) is 17.2. The number of hydrogen-bond donors (Lipinski definition) is 2. The van der Waals surface area contributed by atoms with Crippen LogP contribution in [-0.4, -0.2) is 50.2 Å². The van der Waals surface area contributed by atoms with Crippen molar-refractivity contribution in [1.82, 2.24) is 10.2 Å². The smallest absolute Gasteiger partial charge is 0.321 e. The molecule has 7 heteroatoms. The van der Waals surface area contributed by atoms with E-state index in [1.165, 1.54) is 0 Å². The first kappa shape index (κ1) is 19.5. The summed E-state index contributed by atoms with van der Waals surface area (Å²) in [5.74, 6) is 0.401. The van der Waals surface area contributed by atoms with Crippen LogP contribution >= 0.6 is 11.6 Å². The predicted molar refractivity (Wildman–Crippen MR) is 98.9 cm³/mol. The second kappa shape index (κ2) is 10.3.